The number of sulfonamides is 1. The van der Waals surface area contributed by atoms with Crippen LogP contribution in [0.5, 0.6) is 0 Å². The smallest absolute Gasteiger partial charge is 0.279 e. The van der Waals surface area contributed by atoms with Crippen molar-refractivity contribution < 1.29 is 37.4 Å². The van der Waals surface area contributed by atoms with Crippen molar-refractivity contribution in [3.63, 3.8) is 0 Å². The average molecular weight is 432 g/mol. The van der Waals surface area contributed by atoms with E-state index in [1.165, 1.54) is 15.9 Å². The number of nitrogens with one attached hydrogen (secondary N) is 1. The molecule has 3 rings (SSSR count). The molecule has 29 heavy (non-hydrogen) atoms. The van der Waals surface area contributed by atoms with E-state index in [0.29, 0.717) is 18.4 Å². The maximum Gasteiger partial charge on any atom is 0.279 e. The third kappa shape index (κ3) is 4.60. The van der Waals surface area contributed by atoms with Gasteiger partial charge in [0.1, 0.15) is 11.1 Å². The Kier molecular flexibility index (Phi) is 6.87. The quantitative estimate of drug-likeness (QED) is 0.432. The van der Waals surface area contributed by atoms with Crippen molar-refractivity contribution in [1.29, 1.82) is 0 Å². The van der Waals surface area contributed by atoms with Crippen LogP contribution in [0.2, 0.25) is 0 Å². The Bertz CT molecular complexity index is 829. The Morgan fingerprint density at radius 1 is 1.31 bits per heavy atom. The van der Waals surface area contributed by atoms with Gasteiger partial charge in [0.15, 0.2) is 5.60 Å². The van der Waals surface area contributed by atoms with Crippen LogP contribution >= 0.6 is 0 Å². The molecule has 2 fully saturated rings. The monoisotopic (exact) mass is 432 g/mol. The van der Waals surface area contributed by atoms with E-state index in [-0.39, 0.29) is 44.6 Å². The number of rotatable bonds is 6. The van der Waals surface area contributed by atoms with Crippen molar-refractivity contribution >= 4 is 15.9 Å². The fourth-order valence-electron chi connectivity index (χ4n) is 3.71. The van der Waals surface area contributed by atoms with Gasteiger partial charge in [0.05, 0.1) is 19.3 Å². The number of carbonyl (C=O) groups excluding carboxylic acids is 1. The van der Waals surface area contributed by atoms with Gasteiger partial charge in [-0.15, -0.1) is 0 Å². The van der Waals surface area contributed by atoms with E-state index in [9.17, 15) is 22.7 Å². The number of ether oxygens (including phenoxy) is 2. The second-order valence-corrected chi connectivity index (χ2v) is 9.36. The van der Waals surface area contributed by atoms with Crippen LogP contribution in [0, 0.1) is 5.82 Å². The highest BCUT2D eigenvalue weighted by atomic mass is 32.2. The number of carbonyl (C=O) groups is 1. The molecule has 0 spiro atoms. The van der Waals surface area contributed by atoms with E-state index in [0.717, 1.165) is 0 Å². The van der Waals surface area contributed by atoms with Gasteiger partial charge in [-0.25, -0.2) is 22.6 Å². The van der Waals surface area contributed by atoms with Crippen molar-refractivity contribution in [2.24, 2.45) is 0 Å². The summed E-state index contributed by atoms with van der Waals surface area (Å²) in [5.74, 6) is -1.57. The topological polar surface area (TPSA) is 125 Å². The number of aliphatic hydroxyl groups is 1. The molecule has 0 aromatic heterocycles. The van der Waals surface area contributed by atoms with Gasteiger partial charge in [0, 0.05) is 25.3 Å². The predicted octanol–water partition coefficient (Wildman–Crippen LogP) is 0.162. The van der Waals surface area contributed by atoms with E-state index < -0.39 is 33.4 Å². The summed E-state index contributed by atoms with van der Waals surface area (Å²) >= 11 is 0. The van der Waals surface area contributed by atoms with Gasteiger partial charge in [-0.1, -0.05) is 18.2 Å². The van der Waals surface area contributed by atoms with Gasteiger partial charge in [-0.2, -0.15) is 0 Å². The molecule has 3 N–H and O–H groups in total. The van der Waals surface area contributed by atoms with Gasteiger partial charge >= 0.3 is 0 Å². The lowest BCUT2D eigenvalue weighted by Crippen LogP contribution is -2.64. The summed E-state index contributed by atoms with van der Waals surface area (Å²) in [6, 6.07) is 6.30. The second kappa shape index (κ2) is 9.02. The number of hydrogen-bond donors (Lipinski definition) is 3. The van der Waals surface area contributed by atoms with Crippen LogP contribution in [-0.2, 0) is 30.9 Å². The zero-order valence-corrected chi connectivity index (χ0v) is 16.6. The van der Waals surface area contributed by atoms with Crippen LogP contribution < -0.4 is 5.48 Å². The van der Waals surface area contributed by atoms with Gasteiger partial charge in [0.25, 0.3) is 5.91 Å². The summed E-state index contributed by atoms with van der Waals surface area (Å²) in [5, 5.41) is 18.1. The Balaban J connectivity index is 1.61. The molecule has 2 saturated heterocycles. The van der Waals surface area contributed by atoms with Gasteiger partial charge in [0.2, 0.25) is 10.0 Å². The molecular weight excluding hydrogens is 407 g/mol. The van der Waals surface area contributed by atoms with Crippen LogP contribution in [0.3, 0.4) is 0 Å². The van der Waals surface area contributed by atoms with Crippen LogP contribution in [0.25, 0.3) is 0 Å². The Morgan fingerprint density at radius 3 is 2.66 bits per heavy atom. The molecule has 1 amide bonds. The van der Waals surface area contributed by atoms with Crippen LogP contribution in [0.1, 0.15) is 24.8 Å². The molecule has 1 aromatic carbocycles. The summed E-state index contributed by atoms with van der Waals surface area (Å²) in [5.41, 5.74) is -0.614. The van der Waals surface area contributed by atoms with Crippen molar-refractivity contribution in [1.82, 2.24) is 9.79 Å². The standard InChI is InChI=1S/C18H25FN2O7S/c19-15-4-2-1-3-13(15)11-28-14-5-8-21(9-6-14)29(25,26)16-7-10-27-12-18(16,23)17(22)20-24/h1-4,14,16,23-24H,5-12H2,(H,20,22). The molecule has 2 aliphatic rings. The minimum absolute atomic E-state index is 0.0734. The largest absolute Gasteiger partial charge is 0.378 e. The van der Waals surface area contributed by atoms with Crippen LogP contribution in [-0.4, -0.2) is 72.2 Å². The maximum absolute atomic E-state index is 13.7. The highest BCUT2D eigenvalue weighted by Gasteiger charge is 2.54. The fraction of sp³-hybridized carbons (Fsp3) is 0.611. The number of piperidine rings is 1. The second-order valence-electron chi connectivity index (χ2n) is 7.24. The third-order valence-corrected chi connectivity index (χ3v) is 7.86. The van der Waals surface area contributed by atoms with E-state index >= 15 is 0 Å². The summed E-state index contributed by atoms with van der Waals surface area (Å²) in [6.45, 7) is -0.0456. The molecule has 1 aromatic rings. The Morgan fingerprint density at radius 2 is 2.00 bits per heavy atom. The Labute approximate surface area is 168 Å². The van der Waals surface area contributed by atoms with E-state index in [4.69, 9.17) is 14.7 Å². The molecule has 2 atom stereocenters. The van der Waals surface area contributed by atoms with Gasteiger partial charge in [-0.3, -0.25) is 10.0 Å². The minimum Gasteiger partial charge on any atom is -0.378 e. The fourth-order valence-corrected chi connectivity index (χ4v) is 5.85. The van der Waals surface area contributed by atoms with Gasteiger partial charge < -0.3 is 14.6 Å². The molecule has 11 heteroatoms. The first-order valence-corrected chi connectivity index (χ1v) is 10.9. The number of hydrogen-bond acceptors (Lipinski definition) is 7. The first-order chi connectivity index (χ1) is 13.8. The first-order valence-electron chi connectivity index (χ1n) is 9.37. The molecule has 0 saturated carbocycles. The zero-order chi connectivity index (χ0) is 21.1. The molecule has 2 unspecified atom stereocenters. The third-order valence-electron chi connectivity index (χ3n) is 5.43. The number of nitrogens with zero attached hydrogens (tertiary/aromatic N) is 1. The average Bonchev–Trinajstić information content (AvgIpc) is 2.73. The number of benzene rings is 1. The lowest BCUT2D eigenvalue weighted by Gasteiger charge is -2.41. The molecule has 162 valence electrons. The number of halogens is 1. The van der Waals surface area contributed by atoms with Crippen molar-refractivity contribution in [2.75, 3.05) is 26.3 Å². The molecule has 0 bridgehead atoms. The van der Waals surface area contributed by atoms with E-state index in [1.807, 2.05) is 0 Å². The highest BCUT2D eigenvalue weighted by Crippen LogP contribution is 2.31. The van der Waals surface area contributed by atoms with Crippen molar-refractivity contribution in [3.05, 3.63) is 35.6 Å². The normalized spacial score (nSPS) is 26.9. The predicted molar refractivity (Wildman–Crippen MR) is 98.8 cm³/mol. The molecule has 0 radical (unpaired) electrons. The van der Waals surface area contributed by atoms with E-state index in [2.05, 4.69) is 0 Å². The SMILES string of the molecule is O=C(NO)C1(O)COCCC1S(=O)(=O)N1CCC(OCc2ccccc2F)CC1. The van der Waals surface area contributed by atoms with Crippen LogP contribution in [0.4, 0.5) is 4.39 Å². The molecule has 9 nitrogen and oxygen atoms in total. The van der Waals surface area contributed by atoms with Crippen LogP contribution in [0.15, 0.2) is 24.3 Å². The first kappa shape index (κ1) is 22.1. The Hall–Kier alpha value is -1.63. The summed E-state index contributed by atoms with van der Waals surface area (Å²) in [7, 11) is -4.03. The molecule has 0 aliphatic carbocycles. The minimum atomic E-state index is -4.03. The van der Waals surface area contributed by atoms with Gasteiger partial charge in [-0.05, 0) is 25.3 Å². The number of amides is 1. The summed E-state index contributed by atoms with van der Waals surface area (Å²) in [4.78, 5) is 11.9. The van der Waals surface area contributed by atoms with E-state index in [1.54, 1.807) is 18.2 Å². The molecular formula is C18H25FN2O7S. The number of hydroxylamine groups is 1. The molecule has 2 heterocycles. The summed E-state index contributed by atoms with van der Waals surface area (Å²) in [6.07, 6.45) is 0.509. The van der Waals surface area contributed by atoms with Crippen molar-refractivity contribution in [2.45, 2.75) is 42.8 Å². The zero-order valence-electron chi connectivity index (χ0n) is 15.8. The highest BCUT2D eigenvalue weighted by molar-refractivity contribution is 7.89. The molecule has 2 aliphatic heterocycles. The maximum atomic E-state index is 13.7. The lowest BCUT2D eigenvalue weighted by molar-refractivity contribution is -0.161. The lowest BCUT2D eigenvalue weighted by atomic mass is 9.95. The summed E-state index contributed by atoms with van der Waals surface area (Å²) < 4.78 is 51.8. The van der Waals surface area contributed by atoms with Crippen molar-refractivity contribution in [3.8, 4) is 0 Å².